The molecule has 0 saturated heterocycles. The number of carbonyl (C=O) groups excluding carboxylic acids is 1. The average Bonchev–Trinajstić information content (AvgIpc) is 2.52. The molecule has 0 aromatic carbocycles. The molecule has 0 saturated carbocycles. The summed E-state index contributed by atoms with van der Waals surface area (Å²) in [6.45, 7) is 0.576. The number of hydrogen-bond acceptors (Lipinski definition) is 6. The van der Waals surface area contributed by atoms with Crippen LogP contribution in [0, 0.1) is 0 Å². The van der Waals surface area contributed by atoms with Gasteiger partial charge in [0, 0.05) is 12.3 Å². The molecule has 0 atom stereocenters. The molecule has 0 fully saturated rings. The van der Waals surface area contributed by atoms with Gasteiger partial charge in [-0.15, -0.1) is 0 Å². The zero-order valence-electron chi connectivity index (χ0n) is 7.11. The highest BCUT2D eigenvalue weighted by atomic mass is 32.2. The van der Waals surface area contributed by atoms with Crippen LogP contribution in [0.5, 0.6) is 0 Å². The lowest BCUT2D eigenvalue weighted by molar-refractivity contribution is 0.0947. The number of anilines is 1. The van der Waals surface area contributed by atoms with Gasteiger partial charge in [-0.1, -0.05) is 0 Å². The first-order valence-corrected chi connectivity index (χ1v) is 5.00. The number of thioether (sulfide) groups is 1. The lowest BCUT2D eigenvalue weighted by Gasteiger charge is -1.99. The van der Waals surface area contributed by atoms with E-state index in [1.54, 1.807) is 11.8 Å². The van der Waals surface area contributed by atoms with E-state index in [0.717, 1.165) is 5.75 Å². The first-order valence-electron chi connectivity index (χ1n) is 3.61. The van der Waals surface area contributed by atoms with E-state index in [1.165, 1.54) is 0 Å². The zero-order valence-corrected chi connectivity index (χ0v) is 7.93. The van der Waals surface area contributed by atoms with Crippen molar-refractivity contribution in [2.24, 2.45) is 0 Å². The van der Waals surface area contributed by atoms with Gasteiger partial charge in [-0.2, -0.15) is 11.8 Å². The molecular weight excluding hydrogens is 192 g/mol. The van der Waals surface area contributed by atoms with Crippen LogP contribution in [0.4, 0.5) is 5.82 Å². The first kappa shape index (κ1) is 9.85. The van der Waals surface area contributed by atoms with Crippen molar-refractivity contribution in [3.05, 3.63) is 5.69 Å². The fraction of sp³-hybridized carbons (Fsp3) is 0.500. The van der Waals surface area contributed by atoms with Crippen LogP contribution in [0.2, 0.25) is 0 Å². The second-order valence-electron chi connectivity index (χ2n) is 2.25. The Morgan fingerprint density at radius 3 is 3.00 bits per heavy atom. The molecule has 6 nitrogen and oxygen atoms in total. The highest BCUT2D eigenvalue weighted by molar-refractivity contribution is 7.98. The normalized spacial score (nSPS) is 9.92. The molecule has 0 radical (unpaired) electrons. The highest BCUT2D eigenvalue weighted by Gasteiger charge is 2.14. The molecule has 1 amide bonds. The van der Waals surface area contributed by atoms with Crippen LogP contribution in [0.25, 0.3) is 0 Å². The summed E-state index contributed by atoms with van der Waals surface area (Å²) in [7, 11) is 0. The van der Waals surface area contributed by atoms with E-state index in [0.29, 0.717) is 6.54 Å². The molecule has 0 spiro atoms. The van der Waals surface area contributed by atoms with Crippen molar-refractivity contribution in [1.82, 2.24) is 15.6 Å². The van der Waals surface area contributed by atoms with Gasteiger partial charge in [-0.25, -0.2) is 4.63 Å². The highest BCUT2D eigenvalue weighted by Crippen LogP contribution is 2.02. The van der Waals surface area contributed by atoms with Crippen molar-refractivity contribution in [2.45, 2.75) is 0 Å². The number of nitrogen functional groups attached to an aromatic ring is 1. The lowest BCUT2D eigenvalue weighted by Crippen LogP contribution is -2.26. The fourth-order valence-electron chi connectivity index (χ4n) is 0.703. The Bertz CT molecular complexity index is 288. The van der Waals surface area contributed by atoms with Crippen LogP contribution >= 0.6 is 11.8 Å². The van der Waals surface area contributed by atoms with Crippen LogP contribution in [0.3, 0.4) is 0 Å². The first-order chi connectivity index (χ1) is 6.25. The van der Waals surface area contributed by atoms with Crippen molar-refractivity contribution < 1.29 is 9.42 Å². The number of carbonyl (C=O) groups is 1. The van der Waals surface area contributed by atoms with Crippen molar-refractivity contribution in [3.8, 4) is 0 Å². The fourth-order valence-corrected chi connectivity index (χ4v) is 1.01. The number of amides is 1. The molecule has 1 aromatic heterocycles. The van der Waals surface area contributed by atoms with E-state index in [1.807, 2.05) is 6.26 Å². The van der Waals surface area contributed by atoms with Crippen molar-refractivity contribution >= 4 is 23.5 Å². The molecule has 1 aromatic rings. The van der Waals surface area contributed by atoms with Crippen LogP contribution in [0.15, 0.2) is 4.63 Å². The SMILES string of the molecule is CSCCNC(=O)c1nonc1N. The van der Waals surface area contributed by atoms with Crippen molar-refractivity contribution in [2.75, 3.05) is 24.3 Å². The Morgan fingerprint density at radius 1 is 1.69 bits per heavy atom. The Morgan fingerprint density at radius 2 is 2.46 bits per heavy atom. The van der Waals surface area contributed by atoms with Gasteiger partial charge in [-0.3, -0.25) is 4.79 Å². The van der Waals surface area contributed by atoms with Gasteiger partial charge in [0.2, 0.25) is 11.5 Å². The standard InChI is InChI=1S/C6H10N4O2S/c1-13-3-2-8-6(11)4-5(7)10-12-9-4/h2-3H2,1H3,(H2,7,10)(H,8,11). The topological polar surface area (TPSA) is 94.0 Å². The number of nitrogens with one attached hydrogen (secondary N) is 1. The van der Waals surface area contributed by atoms with Gasteiger partial charge in [0.1, 0.15) is 0 Å². The number of hydrogen-bond donors (Lipinski definition) is 2. The van der Waals surface area contributed by atoms with Crippen molar-refractivity contribution in [1.29, 1.82) is 0 Å². The van der Waals surface area contributed by atoms with Gasteiger partial charge in [0.25, 0.3) is 5.91 Å². The van der Waals surface area contributed by atoms with E-state index in [9.17, 15) is 4.79 Å². The predicted octanol–water partition coefficient (Wildman–Crippen LogP) is -0.255. The van der Waals surface area contributed by atoms with Crippen molar-refractivity contribution in [3.63, 3.8) is 0 Å². The average molecular weight is 202 g/mol. The van der Waals surface area contributed by atoms with E-state index < -0.39 is 0 Å². The lowest BCUT2D eigenvalue weighted by atomic mass is 10.4. The summed E-state index contributed by atoms with van der Waals surface area (Å²) < 4.78 is 4.28. The molecular formula is C6H10N4O2S. The van der Waals surface area contributed by atoms with Crippen LogP contribution in [0.1, 0.15) is 10.5 Å². The molecule has 0 aliphatic carbocycles. The third-order valence-corrected chi connectivity index (χ3v) is 1.93. The minimum atomic E-state index is -0.354. The van der Waals surface area contributed by atoms with Gasteiger partial charge >= 0.3 is 0 Å². The van der Waals surface area contributed by atoms with E-state index in [-0.39, 0.29) is 17.4 Å². The Labute approximate surface area is 79.2 Å². The maximum Gasteiger partial charge on any atom is 0.277 e. The predicted molar refractivity (Wildman–Crippen MR) is 49.4 cm³/mol. The quantitative estimate of drug-likeness (QED) is 0.653. The summed E-state index contributed by atoms with van der Waals surface area (Å²) in [5.41, 5.74) is 5.35. The third-order valence-electron chi connectivity index (χ3n) is 1.32. The maximum atomic E-state index is 11.2. The number of nitrogens with two attached hydrogens (primary N) is 1. The summed E-state index contributed by atoms with van der Waals surface area (Å²) >= 11 is 1.64. The Hall–Kier alpha value is -1.24. The van der Waals surface area contributed by atoms with E-state index in [2.05, 4.69) is 20.3 Å². The number of aromatic nitrogens is 2. The van der Waals surface area contributed by atoms with Gasteiger partial charge in [0.15, 0.2) is 0 Å². The van der Waals surface area contributed by atoms with Crippen LogP contribution < -0.4 is 11.1 Å². The molecule has 0 aliphatic heterocycles. The third kappa shape index (κ3) is 2.62. The molecule has 0 unspecified atom stereocenters. The largest absolute Gasteiger partial charge is 0.379 e. The molecule has 72 valence electrons. The molecule has 1 heterocycles. The van der Waals surface area contributed by atoms with Crippen LogP contribution in [-0.4, -0.2) is 34.8 Å². The van der Waals surface area contributed by atoms with Gasteiger partial charge < -0.3 is 11.1 Å². The zero-order chi connectivity index (χ0) is 9.68. The molecule has 3 N–H and O–H groups in total. The van der Waals surface area contributed by atoms with E-state index in [4.69, 9.17) is 5.73 Å². The summed E-state index contributed by atoms with van der Waals surface area (Å²) in [4.78, 5) is 11.2. The second-order valence-corrected chi connectivity index (χ2v) is 3.23. The second kappa shape index (κ2) is 4.70. The Balaban J connectivity index is 2.45. The molecule has 1 rings (SSSR count). The minimum Gasteiger partial charge on any atom is -0.379 e. The minimum absolute atomic E-state index is 0.0154. The molecule has 0 bridgehead atoms. The summed E-state index contributed by atoms with van der Waals surface area (Å²) in [6.07, 6.45) is 1.96. The summed E-state index contributed by atoms with van der Waals surface area (Å²) in [5.74, 6) is 0.506. The van der Waals surface area contributed by atoms with Crippen LogP contribution in [-0.2, 0) is 0 Å². The monoisotopic (exact) mass is 202 g/mol. The smallest absolute Gasteiger partial charge is 0.277 e. The number of nitrogens with zero attached hydrogens (tertiary/aromatic N) is 2. The molecule has 7 heteroatoms. The molecule has 13 heavy (non-hydrogen) atoms. The molecule has 0 aliphatic rings. The van der Waals surface area contributed by atoms with E-state index >= 15 is 0 Å². The maximum absolute atomic E-state index is 11.2. The Kier molecular flexibility index (Phi) is 3.56. The summed E-state index contributed by atoms with van der Waals surface area (Å²) in [5, 5.41) is 9.28. The van der Waals surface area contributed by atoms with Gasteiger partial charge in [0.05, 0.1) is 0 Å². The van der Waals surface area contributed by atoms with Gasteiger partial charge in [-0.05, 0) is 16.6 Å². The number of rotatable bonds is 4. The summed E-state index contributed by atoms with van der Waals surface area (Å²) in [6, 6.07) is 0.